The fourth-order valence-electron chi connectivity index (χ4n) is 2.61. The molecule has 1 aliphatic heterocycles. The van der Waals surface area contributed by atoms with Gasteiger partial charge >= 0.3 is 0 Å². The predicted octanol–water partition coefficient (Wildman–Crippen LogP) is 1.74. The van der Waals surface area contributed by atoms with Crippen molar-refractivity contribution in [2.45, 2.75) is 13.3 Å². The van der Waals surface area contributed by atoms with E-state index >= 15 is 0 Å². The van der Waals surface area contributed by atoms with E-state index in [9.17, 15) is 0 Å². The lowest BCUT2D eigenvalue weighted by molar-refractivity contribution is 0.169. The molecule has 0 spiro atoms. The minimum atomic E-state index is 0.852. The number of anilines is 2. The predicted molar refractivity (Wildman–Crippen MR) is 80.7 cm³/mol. The van der Waals surface area contributed by atoms with Crippen molar-refractivity contribution in [3.05, 3.63) is 23.8 Å². The lowest BCUT2D eigenvalue weighted by Gasteiger charge is -2.36. The normalized spacial score (nSPS) is 16.8. The number of nitrogens with zero attached hydrogens (tertiary/aromatic N) is 2. The number of aryl methyl sites for hydroxylation is 1. The maximum Gasteiger partial charge on any atom is 0.0601 e. The molecule has 106 valence electrons. The van der Waals surface area contributed by atoms with Crippen LogP contribution in [-0.2, 0) is 4.74 Å². The molecule has 19 heavy (non-hydrogen) atoms. The summed E-state index contributed by atoms with van der Waals surface area (Å²) < 4.78 is 5.10. The Morgan fingerprint density at radius 2 is 1.95 bits per heavy atom. The standard InChI is InChI=1S/C15H25N3O/c1-13-4-5-15(14(16)12-13)18-9-7-17(8-10-18)6-3-11-19-2/h4-5,12H,3,6-11,16H2,1-2H3. The molecule has 0 saturated carbocycles. The van der Waals surface area contributed by atoms with Crippen molar-refractivity contribution in [2.24, 2.45) is 0 Å². The van der Waals surface area contributed by atoms with E-state index in [2.05, 4.69) is 34.9 Å². The Balaban J connectivity index is 1.85. The molecular weight excluding hydrogens is 238 g/mol. The summed E-state index contributed by atoms with van der Waals surface area (Å²) in [5.74, 6) is 0. The summed E-state index contributed by atoms with van der Waals surface area (Å²) in [7, 11) is 1.76. The Morgan fingerprint density at radius 3 is 2.58 bits per heavy atom. The quantitative estimate of drug-likeness (QED) is 0.649. The maximum atomic E-state index is 6.11. The molecule has 0 radical (unpaired) electrons. The average Bonchev–Trinajstić information content (AvgIpc) is 2.40. The monoisotopic (exact) mass is 263 g/mol. The van der Waals surface area contributed by atoms with Crippen LogP contribution in [0.5, 0.6) is 0 Å². The highest BCUT2D eigenvalue weighted by Gasteiger charge is 2.18. The van der Waals surface area contributed by atoms with Crippen LogP contribution >= 0.6 is 0 Å². The van der Waals surface area contributed by atoms with Gasteiger partial charge in [-0.2, -0.15) is 0 Å². The number of nitrogen functional groups attached to an aromatic ring is 1. The van der Waals surface area contributed by atoms with Crippen LogP contribution in [-0.4, -0.2) is 51.3 Å². The van der Waals surface area contributed by atoms with E-state index in [0.29, 0.717) is 0 Å². The van der Waals surface area contributed by atoms with E-state index in [-0.39, 0.29) is 0 Å². The fraction of sp³-hybridized carbons (Fsp3) is 0.600. The van der Waals surface area contributed by atoms with Crippen LogP contribution in [0.25, 0.3) is 0 Å². The molecule has 0 aromatic heterocycles. The Kier molecular flexibility index (Phi) is 5.05. The van der Waals surface area contributed by atoms with Gasteiger partial charge in [-0.3, -0.25) is 4.90 Å². The third-order valence-electron chi connectivity index (χ3n) is 3.72. The van der Waals surface area contributed by atoms with Crippen molar-refractivity contribution in [2.75, 3.05) is 57.1 Å². The number of nitrogens with two attached hydrogens (primary N) is 1. The summed E-state index contributed by atoms with van der Waals surface area (Å²) in [6, 6.07) is 6.34. The van der Waals surface area contributed by atoms with Crippen molar-refractivity contribution in [1.82, 2.24) is 4.90 Å². The lowest BCUT2D eigenvalue weighted by atomic mass is 10.1. The van der Waals surface area contributed by atoms with Gasteiger partial charge in [0.15, 0.2) is 0 Å². The fourth-order valence-corrected chi connectivity index (χ4v) is 2.61. The van der Waals surface area contributed by atoms with Gasteiger partial charge in [-0.25, -0.2) is 0 Å². The van der Waals surface area contributed by atoms with Gasteiger partial charge in [0, 0.05) is 46.4 Å². The SMILES string of the molecule is COCCCN1CCN(c2ccc(C)cc2N)CC1. The van der Waals surface area contributed by atoms with E-state index in [1.165, 1.54) is 11.3 Å². The number of methoxy groups -OCH3 is 1. The third-order valence-corrected chi connectivity index (χ3v) is 3.72. The van der Waals surface area contributed by atoms with Crippen LogP contribution in [0.3, 0.4) is 0 Å². The molecule has 4 nitrogen and oxygen atoms in total. The molecule has 4 heteroatoms. The molecule has 1 aliphatic rings. The second kappa shape index (κ2) is 6.78. The summed E-state index contributed by atoms with van der Waals surface area (Å²) in [5, 5.41) is 0. The van der Waals surface area contributed by atoms with Crippen molar-refractivity contribution >= 4 is 11.4 Å². The van der Waals surface area contributed by atoms with Crippen molar-refractivity contribution in [1.29, 1.82) is 0 Å². The first-order valence-corrected chi connectivity index (χ1v) is 7.03. The lowest BCUT2D eigenvalue weighted by Crippen LogP contribution is -2.47. The highest BCUT2D eigenvalue weighted by Crippen LogP contribution is 2.25. The summed E-state index contributed by atoms with van der Waals surface area (Å²) in [4.78, 5) is 4.89. The van der Waals surface area contributed by atoms with Gasteiger partial charge < -0.3 is 15.4 Å². The Bertz CT molecular complexity index is 400. The second-order valence-electron chi connectivity index (χ2n) is 5.24. The summed E-state index contributed by atoms with van der Waals surface area (Å²) in [5.41, 5.74) is 9.41. The molecule has 2 rings (SSSR count). The smallest absolute Gasteiger partial charge is 0.0601 e. The van der Waals surface area contributed by atoms with E-state index in [4.69, 9.17) is 10.5 Å². The van der Waals surface area contributed by atoms with Gasteiger partial charge in [-0.05, 0) is 31.0 Å². The summed E-state index contributed by atoms with van der Waals surface area (Å²) >= 11 is 0. The van der Waals surface area contributed by atoms with Gasteiger partial charge in [-0.1, -0.05) is 6.07 Å². The first-order valence-electron chi connectivity index (χ1n) is 7.03. The third kappa shape index (κ3) is 3.85. The average molecular weight is 263 g/mol. The van der Waals surface area contributed by atoms with E-state index in [1.807, 2.05) is 0 Å². The van der Waals surface area contributed by atoms with Crippen molar-refractivity contribution < 1.29 is 4.74 Å². The highest BCUT2D eigenvalue weighted by atomic mass is 16.5. The van der Waals surface area contributed by atoms with Gasteiger partial charge in [0.2, 0.25) is 0 Å². The number of rotatable bonds is 5. The molecule has 1 aromatic rings. The van der Waals surface area contributed by atoms with Crippen molar-refractivity contribution in [3.8, 4) is 0 Å². The molecule has 0 aliphatic carbocycles. The molecule has 2 N–H and O–H groups in total. The van der Waals surface area contributed by atoms with E-state index in [1.54, 1.807) is 7.11 Å². The zero-order valence-electron chi connectivity index (χ0n) is 12.1. The molecule has 0 amide bonds. The van der Waals surface area contributed by atoms with Crippen molar-refractivity contribution in [3.63, 3.8) is 0 Å². The van der Waals surface area contributed by atoms with E-state index < -0.39 is 0 Å². The number of hydrogen-bond acceptors (Lipinski definition) is 4. The van der Waals surface area contributed by atoms with Gasteiger partial charge in [0.25, 0.3) is 0 Å². The van der Waals surface area contributed by atoms with Crippen LogP contribution in [0.4, 0.5) is 11.4 Å². The number of ether oxygens (including phenoxy) is 1. The number of benzene rings is 1. The molecular formula is C15H25N3O. The van der Waals surface area contributed by atoms with Gasteiger partial charge in [0.1, 0.15) is 0 Å². The number of piperazine rings is 1. The Hall–Kier alpha value is -1.26. The van der Waals surface area contributed by atoms with Crippen LogP contribution in [0.2, 0.25) is 0 Å². The molecule has 1 heterocycles. The molecule has 0 bridgehead atoms. The molecule has 1 saturated heterocycles. The Labute approximate surface area is 116 Å². The first-order chi connectivity index (χ1) is 9.20. The van der Waals surface area contributed by atoms with Crippen LogP contribution in [0.15, 0.2) is 18.2 Å². The second-order valence-corrected chi connectivity index (χ2v) is 5.24. The van der Waals surface area contributed by atoms with E-state index in [0.717, 1.165) is 51.4 Å². The zero-order chi connectivity index (χ0) is 13.7. The zero-order valence-corrected chi connectivity index (χ0v) is 12.1. The molecule has 0 unspecified atom stereocenters. The molecule has 0 atom stereocenters. The number of hydrogen-bond donors (Lipinski definition) is 1. The minimum Gasteiger partial charge on any atom is -0.397 e. The highest BCUT2D eigenvalue weighted by molar-refractivity contribution is 5.68. The van der Waals surface area contributed by atoms with Gasteiger partial charge in [0.05, 0.1) is 11.4 Å². The van der Waals surface area contributed by atoms with Crippen LogP contribution in [0, 0.1) is 6.92 Å². The van der Waals surface area contributed by atoms with Crippen LogP contribution < -0.4 is 10.6 Å². The van der Waals surface area contributed by atoms with Gasteiger partial charge in [-0.15, -0.1) is 0 Å². The summed E-state index contributed by atoms with van der Waals surface area (Å²) in [6.45, 7) is 8.39. The van der Waals surface area contributed by atoms with Crippen LogP contribution in [0.1, 0.15) is 12.0 Å². The summed E-state index contributed by atoms with van der Waals surface area (Å²) in [6.07, 6.45) is 1.11. The largest absolute Gasteiger partial charge is 0.397 e. The first kappa shape index (κ1) is 14.2. The minimum absolute atomic E-state index is 0.852. The molecule has 1 fully saturated rings. The topological polar surface area (TPSA) is 41.7 Å². The Morgan fingerprint density at radius 1 is 1.21 bits per heavy atom. The molecule has 1 aromatic carbocycles. The maximum absolute atomic E-state index is 6.11.